The molecule has 3 atom stereocenters. The molecule has 1 amide bonds. The van der Waals surface area contributed by atoms with Crippen molar-refractivity contribution in [2.75, 3.05) is 26.7 Å². The van der Waals surface area contributed by atoms with Crippen LogP contribution in [-0.4, -0.2) is 59.5 Å². The fourth-order valence-electron chi connectivity index (χ4n) is 3.65. The van der Waals surface area contributed by atoms with Crippen LogP contribution < -0.4 is 0 Å². The van der Waals surface area contributed by atoms with E-state index in [2.05, 4.69) is 18.9 Å². The monoisotopic (exact) mass is 282 g/mol. The first-order valence-electron chi connectivity index (χ1n) is 7.76. The molecule has 1 N–H and O–H groups in total. The maximum Gasteiger partial charge on any atom is 0.307 e. The molecule has 5 nitrogen and oxygen atoms in total. The van der Waals surface area contributed by atoms with E-state index in [1.165, 1.54) is 0 Å². The summed E-state index contributed by atoms with van der Waals surface area (Å²) in [6.07, 6.45) is 4.15. The largest absolute Gasteiger partial charge is 0.481 e. The predicted octanol–water partition coefficient (Wildman–Crippen LogP) is 1.43. The van der Waals surface area contributed by atoms with Crippen molar-refractivity contribution in [1.29, 1.82) is 0 Å². The second-order valence-corrected chi connectivity index (χ2v) is 6.19. The van der Waals surface area contributed by atoms with Crippen molar-refractivity contribution < 1.29 is 14.7 Å². The molecular formula is C15H26N2O3. The van der Waals surface area contributed by atoms with Gasteiger partial charge in [-0.15, -0.1) is 0 Å². The van der Waals surface area contributed by atoms with E-state index in [0.29, 0.717) is 6.42 Å². The molecule has 2 rings (SSSR count). The maximum absolute atomic E-state index is 12.8. The van der Waals surface area contributed by atoms with Crippen LogP contribution >= 0.6 is 0 Å². The minimum absolute atomic E-state index is 0.0806. The molecular weight excluding hydrogens is 256 g/mol. The first-order chi connectivity index (χ1) is 9.54. The van der Waals surface area contributed by atoms with Crippen LogP contribution in [0.1, 0.15) is 39.0 Å². The van der Waals surface area contributed by atoms with Gasteiger partial charge in [0.25, 0.3) is 0 Å². The Labute approximate surface area is 120 Å². The molecule has 0 aromatic heterocycles. The number of carboxylic acid groups (broad SMARTS) is 1. The summed E-state index contributed by atoms with van der Waals surface area (Å²) in [5, 5.41) is 9.27. The van der Waals surface area contributed by atoms with Crippen LogP contribution in [0.3, 0.4) is 0 Å². The van der Waals surface area contributed by atoms with E-state index in [9.17, 15) is 14.7 Å². The number of aliphatic carboxylic acids is 1. The Kier molecular flexibility index (Phi) is 5.02. The minimum atomic E-state index is -0.805. The molecule has 1 saturated heterocycles. The molecule has 20 heavy (non-hydrogen) atoms. The number of rotatable bonds is 3. The number of carbonyl (C=O) groups is 2. The van der Waals surface area contributed by atoms with Gasteiger partial charge in [-0.2, -0.15) is 0 Å². The van der Waals surface area contributed by atoms with Crippen molar-refractivity contribution in [1.82, 2.24) is 9.80 Å². The molecule has 0 radical (unpaired) electrons. The molecule has 2 aliphatic rings. The zero-order valence-corrected chi connectivity index (χ0v) is 12.5. The Morgan fingerprint density at radius 2 is 1.85 bits per heavy atom. The van der Waals surface area contributed by atoms with Crippen LogP contribution in [0.15, 0.2) is 0 Å². The lowest BCUT2D eigenvalue weighted by Crippen LogP contribution is -2.47. The summed E-state index contributed by atoms with van der Waals surface area (Å²) in [7, 11) is 2.09. The molecule has 5 heteroatoms. The molecule has 114 valence electrons. The summed E-state index contributed by atoms with van der Waals surface area (Å²) >= 11 is 0. The van der Waals surface area contributed by atoms with Crippen LogP contribution in [-0.2, 0) is 9.59 Å². The average molecular weight is 282 g/mol. The molecule has 0 spiro atoms. The summed E-state index contributed by atoms with van der Waals surface area (Å²) in [5.74, 6) is -1.50. The van der Waals surface area contributed by atoms with E-state index in [4.69, 9.17) is 0 Å². The summed E-state index contributed by atoms with van der Waals surface area (Å²) < 4.78 is 0. The minimum Gasteiger partial charge on any atom is -0.481 e. The van der Waals surface area contributed by atoms with E-state index in [1.54, 1.807) is 0 Å². The topological polar surface area (TPSA) is 60.9 Å². The van der Waals surface area contributed by atoms with Crippen molar-refractivity contribution in [3.8, 4) is 0 Å². The van der Waals surface area contributed by atoms with E-state index >= 15 is 0 Å². The van der Waals surface area contributed by atoms with Gasteiger partial charge in [-0.1, -0.05) is 13.3 Å². The van der Waals surface area contributed by atoms with E-state index in [1.807, 2.05) is 4.90 Å². The highest BCUT2D eigenvalue weighted by molar-refractivity contribution is 5.85. The summed E-state index contributed by atoms with van der Waals surface area (Å²) in [6.45, 7) is 4.78. The molecule has 0 aromatic rings. The van der Waals surface area contributed by atoms with Gasteiger partial charge in [0.2, 0.25) is 5.91 Å². The Morgan fingerprint density at radius 1 is 1.15 bits per heavy atom. The number of nitrogens with zero attached hydrogens (tertiary/aromatic N) is 2. The van der Waals surface area contributed by atoms with Gasteiger partial charge < -0.3 is 14.9 Å². The van der Waals surface area contributed by atoms with Crippen molar-refractivity contribution in [3.63, 3.8) is 0 Å². The molecule has 1 saturated carbocycles. The number of hydrogen-bond donors (Lipinski definition) is 1. The molecule has 2 fully saturated rings. The summed E-state index contributed by atoms with van der Waals surface area (Å²) in [5.41, 5.74) is 0. The highest BCUT2D eigenvalue weighted by atomic mass is 16.4. The molecule has 1 aliphatic carbocycles. The molecule has 1 aliphatic heterocycles. The Hall–Kier alpha value is -1.10. The van der Waals surface area contributed by atoms with Crippen LogP contribution in [0.25, 0.3) is 0 Å². The van der Waals surface area contributed by atoms with Crippen LogP contribution in [0.2, 0.25) is 0 Å². The second-order valence-electron chi connectivity index (χ2n) is 6.19. The number of hydrogen-bond acceptors (Lipinski definition) is 3. The second kappa shape index (κ2) is 6.57. The quantitative estimate of drug-likeness (QED) is 0.850. The number of carbonyl (C=O) groups excluding carboxylic acids is 1. The fourth-order valence-corrected chi connectivity index (χ4v) is 3.65. The van der Waals surface area contributed by atoms with Crippen LogP contribution in [0, 0.1) is 11.8 Å². The van der Waals surface area contributed by atoms with Crippen molar-refractivity contribution in [2.24, 2.45) is 11.8 Å². The van der Waals surface area contributed by atoms with Gasteiger partial charge in [0.1, 0.15) is 0 Å². The highest BCUT2D eigenvalue weighted by Crippen LogP contribution is 2.34. The van der Waals surface area contributed by atoms with Crippen molar-refractivity contribution in [3.05, 3.63) is 0 Å². The third-order valence-corrected chi connectivity index (χ3v) is 4.81. The Bertz CT molecular complexity index is 372. The predicted molar refractivity (Wildman–Crippen MR) is 76.4 cm³/mol. The number of carboxylic acids is 1. The van der Waals surface area contributed by atoms with Gasteiger partial charge >= 0.3 is 5.97 Å². The van der Waals surface area contributed by atoms with E-state index in [0.717, 1.165) is 45.3 Å². The SMILES string of the molecule is CCC1CN(C)CCCN1C(=O)C1CCCC1C(=O)O. The van der Waals surface area contributed by atoms with Crippen LogP contribution in [0.4, 0.5) is 0 Å². The molecule has 1 heterocycles. The van der Waals surface area contributed by atoms with E-state index < -0.39 is 11.9 Å². The molecule has 0 aromatic carbocycles. The molecule has 3 unspecified atom stereocenters. The third kappa shape index (κ3) is 3.14. The lowest BCUT2D eigenvalue weighted by Gasteiger charge is -2.33. The maximum atomic E-state index is 12.8. The zero-order chi connectivity index (χ0) is 14.7. The van der Waals surface area contributed by atoms with Gasteiger partial charge in [-0.05, 0) is 39.3 Å². The lowest BCUT2D eigenvalue weighted by atomic mass is 9.94. The normalized spacial score (nSPS) is 32.1. The van der Waals surface area contributed by atoms with Gasteiger partial charge in [-0.3, -0.25) is 9.59 Å². The lowest BCUT2D eigenvalue weighted by molar-refractivity contribution is -0.150. The standard InChI is InChI=1S/C15H26N2O3/c1-3-11-10-16(2)8-5-9-17(11)14(18)12-6-4-7-13(12)15(19)20/h11-13H,3-10H2,1-2H3,(H,19,20). The zero-order valence-electron chi connectivity index (χ0n) is 12.5. The van der Waals surface area contributed by atoms with Gasteiger partial charge in [0.15, 0.2) is 0 Å². The average Bonchev–Trinajstić information content (AvgIpc) is 2.82. The molecule has 0 bridgehead atoms. The fraction of sp³-hybridized carbons (Fsp3) is 0.867. The van der Waals surface area contributed by atoms with Crippen molar-refractivity contribution >= 4 is 11.9 Å². The van der Waals surface area contributed by atoms with Gasteiger partial charge in [-0.25, -0.2) is 0 Å². The summed E-state index contributed by atoms with van der Waals surface area (Å²) in [4.78, 5) is 28.3. The number of amides is 1. The Morgan fingerprint density at radius 3 is 2.50 bits per heavy atom. The highest BCUT2D eigenvalue weighted by Gasteiger charge is 2.41. The third-order valence-electron chi connectivity index (χ3n) is 4.81. The first kappa shape index (κ1) is 15.3. The van der Waals surface area contributed by atoms with Crippen LogP contribution in [0.5, 0.6) is 0 Å². The van der Waals surface area contributed by atoms with E-state index in [-0.39, 0.29) is 17.9 Å². The van der Waals surface area contributed by atoms with Crippen molar-refractivity contribution in [2.45, 2.75) is 45.1 Å². The Balaban J connectivity index is 2.11. The number of likely N-dealkylation sites (N-methyl/N-ethyl adjacent to an activating group) is 1. The summed E-state index contributed by atoms with van der Waals surface area (Å²) in [6, 6.07) is 0.227. The smallest absolute Gasteiger partial charge is 0.307 e. The van der Waals surface area contributed by atoms with Gasteiger partial charge in [0.05, 0.1) is 11.8 Å². The van der Waals surface area contributed by atoms with Gasteiger partial charge in [0, 0.05) is 19.1 Å². The first-order valence-corrected chi connectivity index (χ1v) is 7.76.